The van der Waals surface area contributed by atoms with Gasteiger partial charge in [0.15, 0.2) is 0 Å². The Kier molecular flexibility index (Phi) is 4.79. The van der Waals surface area contributed by atoms with E-state index in [1.54, 1.807) is 18.2 Å². The van der Waals surface area contributed by atoms with E-state index in [9.17, 15) is 18.3 Å². The maximum Gasteiger partial charge on any atom is 0.412 e. The van der Waals surface area contributed by atoms with Crippen LogP contribution in [0.25, 0.3) is 0 Å². The van der Waals surface area contributed by atoms with E-state index >= 15 is 0 Å². The fourth-order valence-electron chi connectivity index (χ4n) is 4.33. The minimum Gasteiger partial charge on any atom is -0.465 e. The Morgan fingerprint density at radius 2 is 1.89 bits per heavy atom. The fourth-order valence-corrected chi connectivity index (χ4v) is 5.92. The standard InChI is InChI=1S/C21H24N2O4S/c1-2-17-10-9-16-14-18(11-12-20(16)23(17)21(24)25)28(26,27)22-13-5-7-15-6-3-4-8-19(15)22/h3-4,6,8,11-12,14,17H,2,5,7,9-10,13H2,1H3,(H,24,25). The third kappa shape index (κ3) is 3.03. The van der Waals surface area contributed by atoms with E-state index in [1.807, 2.05) is 31.2 Å². The van der Waals surface area contributed by atoms with Gasteiger partial charge in [0.1, 0.15) is 0 Å². The van der Waals surface area contributed by atoms with Crippen LogP contribution in [0.5, 0.6) is 0 Å². The molecule has 0 fully saturated rings. The summed E-state index contributed by atoms with van der Waals surface area (Å²) in [5.41, 5.74) is 3.16. The Hall–Kier alpha value is -2.54. The van der Waals surface area contributed by atoms with Crippen LogP contribution in [0, 0.1) is 0 Å². The number of para-hydroxylation sites is 1. The lowest BCUT2D eigenvalue weighted by Gasteiger charge is -2.35. The van der Waals surface area contributed by atoms with E-state index in [0.29, 0.717) is 25.1 Å². The van der Waals surface area contributed by atoms with Crippen molar-refractivity contribution in [3.8, 4) is 0 Å². The van der Waals surface area contributed by atoms with Crippen molar-refractivity contribution in [3.63, 3.8) is 0 Å². The Labute approximate surface area is 165 Å². The number of anilines is 2. The third-order valence-corrected chi connectivity index (χ3v) is 7.56. The molecule has 2 aliphatic rings. The molecular weight excluding hydrogens is 376 g/mol. The molecule has 1 amide bonds. The van der Waals surface area contributed by atoms with E-state index in [4.69, 9.17) is 0 Å². The summed E-state index contributed by atoms with van der Waals surface area (Å²) in [6.45, 7) is 2.42. The van der Waals surface area contributed by atoms with Crippen molar-refractivity contribution in [3.05, 3.63) is 53.6 Å². The molecular formula is C21H24N2O4S. The monoisotopic (exact) mass is 400 g/mol. The van der Waals surface area contributed by atoms with E-state index in [2.05, 4.69) is 0 Å². The molecule has 1 unspecified atom stereocenters. The van der Waals surface area contributed by atoms with Gasteiger partial charge < -0.3 is 5.11 Å². The predicted molar refractivity (Wildman–Crippen MR) is 109 cm³/mol. The summed E-state index contributed by atoms with van der Waals surface area (Å²) >= 11 is 0. The van der Waals surface area contributed by atoms with Crippen LogP contribution in [0.3, 0.4) is 0 Å². The van der Waals surface area contributed by atoms with E-state index in [0.717, 1.165) is 36.1 Å². The Morgan fingerprint density at radius 1 is 1.11 bits per heavy atom. The lowest BCUT2D eigenvalue weighted by atomic mass is 9.95. The predicted octanol–water partition coefficient (Wildman–Crippen LogP) is 4.04. The summed E-state index contributed by atoms with van der Waals surface area (Å²) in [5, 5.41) is 9.63. The molecule has 0 saturated heterocycles. The van der Waals surface area contributed by atoms with Crippen molar-refractivity contribution in [2.75, 3.05) is 15.7 Å². The van der Waals surface area contributed by atoms with Gasteiger partial charge in [-0.1, -0.05) is 25.1 Å². The van der Waals surface area contributed by atoms with Crippen LogP contribution in [0.2, 0.25) is 0 Å². The van der Waals surface area contributed by atoms with Crippen LogP contribution in [0.4, 0.5) is 16.2 Å². The summed E-state index contributed by atoms with van der Waals surface area (Å²) in [6.07, 6.45) is 2.78. The molecule has 6 nitrogen and oxygen atoms in total. The van der Waals surface area contributed by atoms with Crippen molar-refractivity contribution >= 4 is 27.5 Å². The highest BCUT2D eigenvalue weighted by molar-refractivity contribution is 7.92. The summed E-state index contributed by atoms with van der Waals surface area (Å²) in [6, 6.07) is 12.4. The highest BCUT2D eigenvalue weighted by atomic mass is 32.2. The molecule has 2 aliphatic heterocycles. The number of aryl methyl sites for hydroxylation is 2. The molecule has 28 heavy (non-hydrogen) atoms. The molecule has 7 heteroatoms. The zero-order valence-electron chi connectivity index (χ0n) is 15.8. The second-order valence-corrected chi connectivity index (χ2v) is 9.22. The molecule has 0 bridgehead atoms. The number of carboxylic acid groups (broad SMARTS) is 1. The van der Waals surface area contributed by atoms with Crippen molar-refractivity contribution < 1.29 is 18.3 Å². The quantitative estimate of drug-likeness (QED) is 0.844. The largest absolute Gasteiger partial charge is 0.465 e. The molecule has 1 atom stereocenters. The summed E-state index contributed by atoms with van der Waals surface area (Å²) in [5.74, 6) is 0. The number of rotatable bonds is 3. The zero-order chi connectivity index (χ0) is 19.9. The smallest absolute Gasteiger partial charge is 0.412 e. The van der Waals surface area contributed by atoms with Crippen molar-refractivity contribution in [2.45, 2.75) is 50.0 Å². The molecule has 1 N–H and O–H groups in total. The van der Waals surface area contributed by atoms with Crippen LogP contribution in [0.15, 0.2) is 47.4 Å². The normalized spacial score (nSPS) is 19.1. The Balaban J connectivity index is 1.74. The molecule has 0 radical (unpaired) electrons. The van der Waals surface area contributed by atoms with Crippen LogP contribution >= 0.6 is 0 Å². The average molecular weight is 401 g/mol. The minimum absolute atomic E-state index is 0.0681. The molecule has 0 aliphatic carbocycles. The second-order valence-electron chi connectivity index (χ2n) is 7.35. The van der Waals surface area contributed by atoms with Gasteiger partial charge >= 0.3 is 6.09 Å². The summed E-state index contributed by atoms with van der Waals surface area (Å²) in [4.78, 5) is 13.4. The van der Waals surface area contributed by atoms with Crippen molar-refractivity contribution in [1.29, 1.82) is 0 Å². The first-order valence-corrected chi connectivity index (χ1v) is 11.1. The first-order valence-electron chi connectivity index (χ1n) is 9.69. The van der Waals surface area contributed by atoms with E-state index in [-0.39, 0.29) is 10.9 Å². The van der Waals surface area contributed by atoms with Crippen molar-refractivity contribution in [1.82, 2.24) is 0 Å². The molecule has 0 spiro atoms. The molecule has 0 aromatic heterocycles. The number of sulfonamides is 1. The lowest BCUT2D eigenvalue weighted by Crippen LogP contribution is -2.42. The minimum atomic E-state index is -3.70. The molecule has 2 aromatic carbocycles. The van der Waals surface area contributed by atoms with Gasteiger partial charge in [-0.3, -0.25) is 9.21 Å². The van der Waals surface area contributed by atoms with Gasteiger partial charge in [0.05, 0.1) is 16.3 Å². The number of benzene rings is 2. The topological polar surface area (TPSA) is 77.9 Å². The molecule has 4 rings (SSSR count). The number of fused-ring (bicyclic) bond motifs is 2. The molecule has 0 saturated carbocycles. The first kappa shape index (κ1) is 18.8. The van der Waals surface area contributed by atoms with E-state index in [1.165, 1.54) is 9.21 Å². The maximum atomic E-state index is 13.4. The number of hydrogen-bond acceptors (Lipinski definition) is 3. The lowest BCUT2D eigenvalue weighted by molar-refractivity contribution is 0.197. The number of nitrogens with zero attached hydrogens (tertiary/aromatic N) is 2. The summed E-state index contributed by atoms with van der Waals surface area (Å²) in [7, 11) is -3.70. The Morgan fingerprint density at radius 3 is 2.64 bits per heavy atom. The maximum absolute atomic E-state index is 13.4. The second kappa shape index (κ2) is 7.13. The average Bonchev–Trinajstić information content (AvgIpc) is 2.71. The SMILES string of the molecule is CCC1CCc2cc(S(=O)(=O)N3CCCc4ccccc43)ccc2N1C(=O)O. The van der Waals surface area contributed by atoms with Gasteiger partial charge in [-0.25, -0.2) is 13.2 Å². The van der Waals surface area contributed by atoms with Crippen LogP contribution in [0.1, 0.15) is 37.3 Å². The third-order valence-electron chi connectivity index (χ3n) is 5.76. The van der Waals surface area contributed by atoms with Crippen LogP contribution < -0.4 is 9.21 Å². The summed E-state index contributed by atoms with van der Waals surface area (Å²) < 4.78 is 28.2. The highest BCUT2D eigenvalue weighted by Gasteiger charge is 2.33. The molecule has 148 valence electrons. The molecule has 2 aromatic rings. The Bertz CT molecular complexity index is 1020. The van der Waals surface area contributed by atoms with Crippen LogP contribution in [-0.4, -0.2) is 32.2 Å². The number of carbonyl (C=O) groups is 1. The van der Waals surface area contributed by atoms with E-state index < -0.39 is 16.1 Å². The van der Waals surface area contributed by atoms with Crippen LogP contribution in [-0.2, 0) is 22.9 Å². The number of amides is 1. The van der Waals surface area contributed by atoms with Gasteiger partial charge in [0.2, 0.25) is 0 Å². The first-order chi connectivity index (χ1) is 13.4. The van der Waals surface area contributed by atoms with Gasteiger partial charge in [0.25, 0.3) is 10.0 Å². The van der Waals surface area contributed by atoms with Gasteiger partial charge in [-0.05, 0) is 67.5 Å². The highest BCUT2D eigenvalue weighted by Crippen LogP contribution is 2.36. The van der Waals surface area contributed by atoms with Crippen molar-refractivity contribution in [2.24, 2.45) is 0 Å². The number of hydrogen-bond donors (Lipinski definition) is 1. The fraction of sp³-hybridized carbons (Fsp3) is 0.381. The van der Waals surface area contributed by atoms with Gasteiger partial charge in [-0.2, -0.15) is 0 Å². The van der Waals surface area contributed by atoms with Gasteiger partial charge in [-0.15, -0.1) is 0 Å². The van der Waals surface area contributed by atoms with Gasteiger partial charge in [0, 0.05) is 12.6 Å². The zero-order valence-corrected chi connectivity index (χ0v) is 16.7. The molecule has 2 heterocycles.